The summed E-state index contributed by atoms with van der Waals surface area (Å²) < 4.78 is 6.08. The summed E-state index contributed by atoms with van der Waals surface area (Å²) in [4.78, 5) is 12.8. The predicted octanol–water partition coefficient (Wildman–Crippen LogP) is 7.61. The third kappa shape index (κ3) is 11.3. The standard InChI is InChI=1S/C19H32O.C13H20N2O/c1-14(2)16-9-10-17(15(3)4)18(13-16)20-12-8-11-19(5,6)7;16-11-14-13-6-8-15(9-7-13)10-12-4-2-1-3-5-12/h9-10,13-15H,8,11-12H2,1-7H3;2,4-5,11,13H,1,3,6-10H2,(H,14,16). The molecule has 0 aromatic heterocycles. The second kappa shape index (κ2) is 15.2. The number of amides is 1. The van der Waals surface area contributed by atoms with E-state index in [0.29, 0.717) is 23.3 Å². The van der Waals surface area contributed by atoms with E-state index in [0.717, 1.165) is 57.7 Å². The minimum atomic E-state index is 0.393. The summed E-state index contributed by atoms with van der Waals surface area (Å²) in [5.74, 6) is 2.14. The number of benzene rings is 1. The molecule has 1 fully saturated rings. The maximum absolute atomic E-state index is 10.3. The number of carbonyl (C=O) groups is 1. The van der Waals surface area contributed by atoms with Crippen molar-refractivity contribution in [2.75, 3.05) is 26.2 Å². The zero-order valence-electron chi connectivity index (χ0n) is 24.1. The number of nitrogens with zero attached hydrogens (tertiary/aromatic N) is 1. The van der Waals surface area contributed by atoms with Crippen LogP contribution in [0.4, 0.5) is 0 Å². The van der Waals surface area contributed by atoms with Gasteiger partial charge >= 0.3 is 0 Å². The molecular formula is C32H52N2O2. The van der Waals surface area contributed by atoms with Gasteiger partial charge in [-0.05, 0) is 78.5 Å². The van der Waals surface area contributed by atoms with Crippen LogP contribution in [0.15, 0.2) is 42.0 Å². The Balaban J connectivity index is 0.000000259. The van der Waals surface area contributed by atoms with Gasteiger partial charge in [0.2, 0.25) is 6.41 Å². The third-order valence-corrected chi connectivity index (χ3v) is 7.02. The summed E-state index contributed by atoms with van der Waals surface area (Å²) in [6.07, 6.45) is 14.5. The number of allylic oxidation sites excluding steroid dienone is 2. The van der Waals surface area contributed by atoms with Gasteiger partial charge in [0.15, 0.2) is 0 Å². The molecule has 2 aliphatic rings. The van der Waals surface area contributed by atoms with Gasteiger partial charge in [-0.25, -0.2) is 0 Å². The molecular weight excluding hydrogens is 444 g/mol. The van der Waals surface area contributed by atoms with E-state index in [4.69, 9.17) is 4.74 Å². The average Bonchev–Trinajstić information content (AvgIpc) is 2.83. The minimum Gasteiger partial charge on any atom is -0.493 e. The lowest BCUT2D eigenvalue weighted by Gasteiger charge is -2.32. The van der Waals surface area contributed by atoms with Crippen LogP contribution in [0, 0.1) is 5.41 Å². The number of ether oxygens (including phenoxy) is 1. The quantitative estimate of drug-likeness (QED) is 0.268. The Morgan fingerprint density at radius 1 is 1.08 bits per heavy atom. The molecule has 1 aromatic carbocycles. The van der Waals surface area contributed by atoms with Crippen LogP contribution in [0.2, 0.25) is 0 Å². The highest BCUT2D eigenvalue weighted by molar-refractivity contribution is 5.46. The van der Waals surface area contributed by atoms with Crippen molar-refractivity contribution in [3.8, 4) is 5.75 Å². The molecule has 3 rings (SSSR count). The van der Waals surface area contributed by atoms with Crippen molar-refractivity contribution in [3.05, 3.63) is 53.1 Å². The van der Waals surface area contributed by atoms with E-state index >= 15 is 0 Å². The van der Waals surface area contributed by atoms with Crippen LogP contribution in [-0.4, -0.2) is 43.6 Å². The van der Waals surface area contributed by atoms with Crippen LogP contribution < -0.4 is 10.1 Å². The van der Waals surface area contributed by atoms with Gasteiger partial charge in [0.05, 0.1) is 6.61 Å². The first-order valence-corrected chi connectivity index (χ1v) is 14.1. The largest absolute Gasteiger partial charge is 0.493 e. The number of piperidine rings is 1. The van der Waals surface area contributed by atoms with E-state index in [-0.39, 0.29) is 0 Å². The zero-order chi connectivity index (χ0) is 26.6. The molecule has 1 heterocycles. The fourth-order valence-corrected chi connectivity index (χ4v) is 4.69. The summed E-state index contributed by atoms with van der Waals surface area (Å²) in [6.45, 7) is 19.8. The molecule has 4 nitrogen and oxygen atoms in total. The maximum atomic E-state index is 10.3. The number of rotatable bonds is 10. The Morgan fingerprint density at radius 2 is 1.81 bits per heavy atom. The second-order valence-electron chi connectivity index (χ2n) is 12.2. The van der Waals surface area contributed by atoms with Gasteiger partial charge in [0.25, 0.3) is 0 Å². The first-order chi connectivity index (χ1) is 17.1. The second-order valence-corrected chi connectivity index (χ2v) is 12.2. The Kier molecular flexibility index (Phi) is 12.8. The predicted molar refractivity (Wildman–Crippen MR) is 154 cm³/mol. The van der Waals surface area contributed by atoms with Gasteiger partial charge in [-0.1, -0.05) is 78.8 Å². The first kappa shape index (κ1) is 30.2. The summed E-state index contributed by atoms with van der Waals surface area (Å²) >= 11 is 0. The van der Waals surface area contributed by atoms with Crippen molar-refractivity contribution >= 4 is 6.41 Å². The molecule has 0 radical (unpaired) electrons. The van der Waals surface area contributed by atoms with Gasteiger partial charge < -0.3 is 10.1 Å². The smallest absolute Gasteiger partial charge is 0.207 e. The maximum Gasteiger partial charge on any atom is 0.207 e. The number of nitrogens with one attached hydrogen (secondary N) is 1. The van der Waals surface area contributed by atoms with Gasteiger partial charge in [-0.15, -0.1) is 0 Å². The zero-order valence-corrected chi connectivity index (χ0v) is 24.1. The van der Waals surface area contributed by atoms with Crippen LogP contribution in [0.25, 0.3) is 0 Å². The van der Waals surface area contributed by atoms with Gasteiger partial charge in [-0.3, -0.25) is 9.69 Å². The lowest BCUT2D eigenvalue weighted by Crippen LogP contribution is -2.42. The molecule has 0 atom stereocenters. The minimum absolute atomic E-state index is 0.393. The van der Waals surface area contributed by atoms with Crippen LogP contribution in [0.3, 0.4) is 0 Å². The molecule has 1 aliphatic carbocycles. The van der Waals surface area contributed by atoms with Crippen molar-refractivity contribution in [1.82, 2.24) is 10.2 Å². The van der Waals surface area contributed by atoms with Crippen molar-refractivity contribution in [2.45, 2.75) is 105 Å². The Morgan fingerprint density at radius 3 is 2.36 bits per heavy atom. The average molecular weight is 497 g/mol. The summed E-state index contributed by atoms with van der Waals surface area (Å²) in [6, 6.07) is 7.10. The number of likely N-dealkylation sites (tertiary alicyclic amines) is 1. The van der Waals surface area contributed by atoms with Gasteiger partial charge in [0.1, 0.15) is 5.75 Å². The molecule has 1 N–H and O–H groups in total. The lowest BCUT2D eigenvalue weighted by molar-refractivity contribution is -0.110. The Bertz CT molecular complexity index is 840. The van der Waals surface area contributed by atoms with E-state index < -0.39 is 0 Å². The van der Waals surface area contributed by atoms with E-state index in [1.54, 1.807) is 0 Å². The van der Waals surface area contributed by atoms with Gasteiger partial charge in [-0.2, -0.15) is 0 Å². The fourth-order valence-electron chi connectivity index (χ4n) is 4.69. The Labute approximate surface area is 221 Å². The molecule has 4 heteroatoms. The van der Waals surface area contributed by atoms with Gasteiger partial charge in [0, 0.05) is 25.7 Å². The van der Waals surface area contributed by atoms with Crippen LogP contribution >= 0.6 is 0 Å². The van der Waals surface area contributed by atoms with Crippen molar-refractivity contribution in [3.63, 3.8) is 0 Å². The third-order valence-electron chi connectivity index (χ3n) is 7.02. The molecule has 1 aliphatic heterocycles. The summed E-state index contributed by atoms with van der Waals surface area (Å²) in [5.41, 5.74) is 4.53. The fraction of sp³-hybridized carbons (Fsp3) is 0.656. The summed E-state index contributed by atoms with van der Waals surface area (Å²) in [5, 5.41) is 2.87. The molecule has 1 aromatic rings. The number of hydrogen-bond acceptors (Lipinski definition) is 3. The molecule has 36 heavy (non-hydrogen) atoms. The lowest BCUT2D eigenvalue weighted by atomic mass is 9.91. The van der Waals surface area contributed by atoms with E-state index in [1.807, 2.05) is 0 Å². The Hall–Kier alpha value is -2.07. The van der Waals surface area contributed by atoms with Crippen LogP contribution in [0.5, 0.6) is 5.75 Å². The van der Waals surface area contributed by atoms with Crippen molar-refractivity contribution in [2.24, 2.45) is 5.41 Å². The van der Waals surface area contributed by atoms with Crippen LogP contribution in [-0.2, 0) is 4.79 Å². The monoisotopic (exact) mass is 496 g/mol. The normalized spacial score (nSPS) is 17.0. The topological polar surface area (TPSA) is 41.6 Å². The molecule has 0 bridgehead atoms. The van der Waals surface area contributed by atoms with Crippen LogP contribution in [0.1, 0.15) is 110 Å². The molecule has 1 saturated heterocycles. The molecule has 1 amide bonds. The highest BCUT2D eigenvalue weighted by Crippen LogP contribution is 2.30. The van der Waals surface area contributed by atoms with E-state index in [1.165, 1.54) is 36.0 Å². The molecule has 202 valence electrons. The molecule has 0 spiro atoms. The summed E-state index contributed by atoms with van der Waals surface area (Å²) in [7, 11) is 0. The van der Waals surface area contributed by atoms with E-state index in [9.17, 15) is 4.79 Å². The van der Waals surface area contributed by atoms with Crippen molar-refractivity contribution in [1.29, 1.82) is 0 Å². The molecule has 0 unspecified atom stereocenters. The highest BCUT2D eigenvalue weighted by atomic mass is 16.5. The SMILES string of the molecule is CC(C)c1ccc(C(C)C)c(OCCCC(C)(C)C)c1.O=CNC1CCN(CC2=CCCC=C2)CC1. The van der Waals surface area contributed by atoms with E-state index in [2.05, 4.69) is 95.1 Å². The van der Waals surface area contributed by atoms with Crippen molar-refractivity contribution < 1.29 is 9.53 Å². The first-order valence-electron chi connectivity index (χ1n) is 14.1. The number of hydrogen-bond donors (Lipinski definition) is 1. The highest BCUT2D eigenvalue weighted by Gasteiger charge is 2.18. The number of carbonyl (C=O) groups excluding carboxylic acids is 1. The molecule has 0 saturated carbocycles.